The molecule has 5 aliphatic carbocycles. The first-order chi connectivity index (χ1) is 25.7. The number of hydrogen-bond acceptors (Lipinski definition) is 2. The zero-order valence-corrected chi connectivity index (χ0v) is 32.2. The average Bonchev–Trinajstić information content (AvgIpc) is 3.78. The molecule has 2 heteroatoms. The molecule has 2 saturated carbocycles. The highest BCUT2D eigenvalue weighted by Crippen LogP contribution is 2.51. The first-order valence-electron chi connectivity index (χ1n) is 21.7. The molecule has 2 N–H and O–H groups in total. The summed E-state index contributed by atoms with van der Waals surface area (Å²) in [7, 11) is 0. The van der Waals surface area contributed by atoms with Gasteiger partial charge in [0.05, 0.1) is 0 Å². The Balaban J connectivity index is 1.02. The van der Waals surface area contributed by atoms with Gasteiger partial charge < -0.3 is 10.6 Å². The van der Waals surface area contributed by atoms with Crippen LogP contribution in [-0.2, 0) is 0 Å². The van der Waals surface area contributed by atoms with E-state index in [1.165, 1.54) is 114 Å². The molecular weight excluding hydrogens is 629 g/mol. The Bertz CT molecular complexity index is 1600. The molecule has 0 bridgehead atoms. The third-order valence-electron chi connectivity index (χ3n) is 14.8. The lowest BCUT2D eigenvalue weighted by molar-refractivity contribution is 0.0726. The van der Waals surface area contributed by atoms with Crippen molar-refractivity contribution in [1.82, 2.24) is 10.6 Å². The number of hydrogen-bond donors (Lipinski definition) is 2. The van der Waals surface area contributed by atoms with Crippen molar-refractivity contribution in [3.63, 3.8) is 0 Å². The molecule has 2 aromatic rings. The van der Waals surface area contributed by atoms with Crippen LogP contribution in [0, 0.1) is 35.5 Å². The van der Waals surface area contributed by atoms with Crippen LogP contribution < -0.4 is 10.6 Å². The highest BCUT2D eigenvalue weighted by Gasteiger charge is 2.41. The number of nitrogens with one attached hydrogen (secondary N) is 2. The van der Waals surface area contributed by atoms with E-state index >= 15 is 0 Å². The molecule has 276 valence electrons. The van der Waals surface area contributed by atoms with Crippen molar-refractivity contribution in [3.05, 3.63) is 131 Å². The van der Waals surface area contributed by atoms with Gasteiger partial charge in [0, 0.05) is 31.2 Å². The van der Waals surface area contributed by atoms with E-state index < -0.39 is 0 Å². The molecule has 0 amide bonds. The van der Waals surface area contributed by atoms with Crippen LogP contribution in [0.25, 0.3) is 0 Å². The van der Waals surface area contributed by atoms with Gasteiger partial charge >= 0.3 is 0 Å². The zero-order valence-electron chi connectivity index (χ0n) is 32.2. The Morgan fingerprint density at radius 1 is 0.731 bits per heavy atom. The number of rotatable bonds is 11. The van der Waals surface area contributed by atoms with Crippen molar-refractivity contribution in [3.8, 4) is 0 Å². The maximum Gasteiger partial charge on any atom is 0.0250 e. The van der Waals surface area contributed by atoms with E-state index in [1.807, 2.05) is 0 Å². The third-order valence-corrected chi connectivity index (χ3v) is 14.8. The quantitative estimate of drug-likeness (QED) is 0.229. The second-order valence-corrected chi connectivity index (χ2v) is 17.7. The van der Waals surface area contributed by atoms with Crippen molar-refractivity contribution in [2.75, 3.05) is 13.1 Å². The smallest absolute Gasteiger partial charge is 0.0250 e. The summed E-state index contributed by atoms with van der Waals surface area (Å²) in [5.41, 5.74) is 9.70. The summed E-state index contributed by atoms with van der Waals surface area (Å²) in [6.07, 6.45) is 36.4. The molecule has 2 fully saturated rings. The summed E-state index contributed by atoms with van der Waals surface area (Å²) < 4.78 is 0. The molecule has 1 aliphatic heterocycles. The van der Waals surface area contributed by atoms with Crippen molar-refractivity contribution in [1.29, 1.82) is 0 Å². The summed E-state index contributed by atoms with van der Waals surface area (Å²) in [6, 6.07) is 23.5. The Labute approximate surface area is 316 Å². The van der Waals surface area contributed by atoms with Gasteiger partial charge in [0.15, 0.2) is 0 Å². The number of benzene rings is 2. The van der Waals surface area contributed by atoms with Gasteiger partial charge in [0.1, 0.15) is 0 Å². The molecule has 7 atom stereocenters. The molecule has 7 unspecified atom stereocenters. The molecule has 0 saturated heterocycles. The Hall–Kier alpha value is -3.10. The fraction of sp³-hybridized carbons (Fsp3) is 0.560. The largest absolute Gasteiger partial charge is 0.390 e. The van der Waals surface area contributed by atoms with Gasteiger partial charge in [0.2, 0.25) is 0 Å². The number of allylic oxidation sites excluding steroid dienone is 6. The van der Waals surface area contributed by atoms with Crippen LogP contribution in [0.5, 0.6) is 0 Å². The van der Waals surface area contributed by atoms with Gasteiger partial charge in [-0.3, -0.25) is 0 Å². The molecule has 0 aromatic heterocycles. The fourth-order valence-electron chi connectivity index (χ4n) is 11.8. The molecular formula is C50H66N2. The zero-order chi connectivity index (χ0) is 35.1. The topological polar surface area (TPSA) is 24.1 Å². The molecule has 2 aromatic carbocycles. The summed E-state index contributed by atoms with van der Waals surface area (Å²) in [5.74, 6) is 5.84. The third kappa shape index (κ3) is 8.49. The van der Waals surface area contributed by atoms with E-state index in [0.29, 0.717) is 23.8 Å². The maximum atomic E-state index is 4.18. The van der Waals surface area contributed by atoms with E-state index in [1.54, 1.807) is 22.3 Å². The van der Waals surface area contributed by atoms with Gasteiger partial charge in [-0.1, -0.05) is 122 Å². The van der Waals surface area contributed by atoms with Crippen LogP contribution in [-0.4, -0.2) is 19.1 Å². The van der Waals surface area contributed by atoms with E-state index in [-0.39, 0.29) is 0 Å². The Kier molecular flexibility index (Phi) is 12.0. The minimum atomic E-state index is 0.494. The Morgan fingerprint density at radius 3 is 2.19 bits per heavy atom. The van der Waals surface area contributed by atoms with Gasteiger partial charge in [-0.2, -0.15) is 0 Å². The van der Waals surface area contributed by atoms with Crippen LogP contribution in [0.2, 0.25) is 0 Å². The Morgan fingerprint density at radius 2 is 1.50 bits per heavy atom. The molecule has 8 rings (SSSR count). The lowest BCUT2D eigenvalue weighted by atomic mass is 9.59. The molecule has 0 spiro atoms. The van der Waals surface area contributed by atoms with Gasteiger partial charge in [-0.05, 0) is 154 Å². The normalized spacial score (nSPS) is 32.1. The van der Waals surface area contributed by atoms with Crippen molar-refractivity contribution < 1.29 is 0 Å². The SMILES string of the molecule is CC(C1CCC(C2=CC=C(C3=CNCC3)CC2)CC1)C1CCCCC1C(CNC1C=CCCC1)C1=CC(c2ccccc2)CC(c2ccccc2)C1. The van der Waals surface area contributed by atoms with Crippen molar-refractivity contribution in [2.24, 2.45) is 35.5 Å². The summed E-state index contributed by atoms with van der Waals surface area (Å²) >= 11 is 0. The highest BCUT2D eigenvalue weighted by molar-refractivity contribution is 5.40. The van der Waals surface area contributed by atoms with Crippen LogP contribution in [0.3, 0.4) is 0 Å². The minimum absolute atomic E-state index is 0.494. The van der Waals surface area contributed by atoms with E-state index in [0.717, 1.165) is 42.7 Å². The standard InChI is InChI=1S/C50H66N2/c1-36(37-21-23-40(24-22-37)41-25-27-42(28-26-41)43-29-30-51-34-43)48-19-11-12-20-49(48)50(35-52-47-17-9-4-10-18-47)46-32-44(38-13-5-2-6-14-38)31-45(33-46)39-15-7-3-8-16-39/h2-3,5-9,13-17,25,27,32,34,36-37,40,44-45,47-52H,4,10-12,18-24,26,28-31,33,35H2,1H3. The fourth-order valence-corrected chi connectivity index (χ4v) is 11.8. The van der Waals surface area contributed by atoms with Crippen LogP contribution in [0.1, 0.15) is 133 Å². The van der Waals surface area contributed by atoms with Gasteiger partial charge in [-0.15, -0.1) is 0 Å². The first-order valence-corrected chi connectivity index (χ1v) is 21.7. The van der Waals surface area contributed by atoms with Gasteiger partial charge in [0.25, 0.3) is 0 Å². The van der Waals surface area contributed by atoms with Crippen molar-refractivity contribution in [2.45, 2.75) is 128 Å². The predicted molar refractivity (Wildman–Crippen MR) is 220 cm³/mol. The second kappa shape index (κ2) is 17.4. The van der Waals surface area contributed by atoms with Crippen LogP contribution in [0.4, 0.5) is 0 Å². The van der Waals surface area contributed by atoms with Crippen LogP contribution >= 0.6 is 0 Å². The predicted octanol–water partition coefficient (Wildman–Crippen LogP) is 12.4. The summed E-state index contributed by atoms with van der Waals surface area (Å²) in [6.45, 7) is 4.96. The monoisotopic (exact) mass is 695 g/mol. The molecule has 2 nitrogen and oxygen atoms in total. The van der Waals surface area contributed by atoms with Crippen molar-refractivity contribution >= 4 is 0 Å². The minimum Gasteiger partial charge on any atom is -0.390 e. The van der Waals surface area contributed by atoms with Gasteiger partial charge in [-0.25, -0.2) is 0 Å². The van der Waals surface area contributed by atoms with E-state index in [9.17, 15) is 0 Å². The highest BCUT2D eigenvalue weighted by atomic mass is 14.9. The molecule has 52 heavy (non-hydrogen) atoms. The van der Waals surface area contributed by atoms with E-state index in [2.05, 4.69) is 115 Å². The van der Waals surface area contributed by atoms with Crippen LogP contribution in [0.15, 0.2) is 120 Å². The maximum absolute atomic E-state index is 4.18. The first kappa shape index (κ1) is 35.9. The second-order valence-electron chi connectivity index (χ2n) is 17.7. The average molecular weight is 695 g/mol. The summed E-state index contributed by atoms with van der Waals surface area (Å²) in [4.78, 5) is 0. The van der Waals surface area contributed by atoms with E-state index in [4.69, 9.17) is 0 Å². The summed E-state index contributed by atoms with van der Waals surface area (Å²) in [5, 5.41) is 7.60. The lowest BCUT2D eigenvalue weighted by Crippen LogP contribution is -2.42. The molecule has 0 radical (unpaired) electrons. The lowest BCUT2D eigenvalue weighted by Gasteiger charge is -2.46. The molecule has 1 heterocycles. The molecule has 6 aliphatic rings.